The summed E-state index contributed by atoms with van der Waals surface area (Å²) in [5.74, 6) is 0.706. The first kappa shape index (κ1) is 20.7. The van der Waals surface area contributed by atoms with Crippen LogP contribution in [-0.2, 0) is 9.53 Å². The van der Waals surface area contributed by atoms with Gasteiger partial charge in [-0.3, -0.25) is 4.90 Å². The number of ether oxygens (including phenoxy) is 3. The molecule has 0 unspecified atom stereocenters. The predicted molar refractivity (Wildman–Crippen MR) is 116 cm³/mol. The van der Waals surface area contributed by atoms with E-state index in [9.17, 15) is 4.79 Å². The lowest BCUT2D eigenvalue weighted by Gasteiger charge is -2.38. The molecule has 2 aromatic rings. The lowest BCUT2D eigenvalue weighted by Crippen LogP contribution is -2.48. The Balaban J connectivity index is 2.19. The van der Waals surface area contributed by atoms with Crippen LogP contribution in [0.1, 0.15) is 25.5 Å². The van der Waals surface area contributed by atoms with Crippen molar-refractivity contribution in [1.29, 1.82) is 0 Å². The number of esters is 1. The van der Waals surface area contributed by atoms with Crippen molar-refractivity contribution in [2.75, 3.05) is 25.7 Å². The van der Waals surface area contributed by atoms with Crippen LogP contribution >= 0.6 is 12.2 Å². The van der Waals surface area contributed by atoms with Crippen LogP contribution in [0.5, 0.6) is 11.5 Å². The van der Waals surface area contributed by atoms with Crippen LogP contribution in [0, 0.1) is 0 Å². The van der Waals surface area contributed by atoms with Gasteiger partial charge in [0.2, 0.25) is 0 Å². The van der Waals surface area contributed by atoms with Crippen LogP contribution in [0.25, 0.3) is 0 Å². The molecule has 1 atom stereocenters. The molecule has 2 aromatic carbocycles. The highest BCUT2D eigenvalue weighted by Crippen LogP contribution is 2.41. The molecule has 152 valence electrons. The van der Waals surface area contributed by atoms with Crippen molar-refractivity contribution in [3.05, 3.63) is 65.4 Å². The minimum atomic E-state index is -0.536. The number of para-hydroxylation sites is 2. The first-order chi connectivity index (χ1) is 14.0. The van der Waals surface area contributed by atoms with Gasteiger partial charge < -0.3 is 19.5 Å². The minimum Gasteiger partial charge on any atom is -0.493 e. The number of carbonyl (C=O) groups excluding carboxylic acids is 1. The molecule has 3 rings (SSSR count). The number of nitrogens with zero attached hydrogens (tertiary/aromatic N) is 1. The Bertz CT molecular complexity index is 943. The molecule has 7 heteroatoms. The zero-order chi connectivity index (χ0) is 21.0. The third-order valence-corrected chi connectivity index (χ3v) is 5.04. The smallest absolute Gasteiger partial charge is 0.338 e. The van der Waals surface area contributed by atoms with Crippen LogP contribution in [0.3, 0.4) is 0 Å². The van der Waals surface area contributed by atoms with Gasteiger partial charge in [0.1, 0.15) is 0 Å². The van der Waals surface area contributed by atoms with Crippen molar-refractivity contribution in [3.63, 3.8) is 0 Å². The molecular formula is C22H24N2O4S. The molecule has 1 N–H and O–H groups in total. The van der Waals surface area contributed by atoms with E-state index in [0.29, 0.717) is 27.9 Å². The lowest BCUT2D eigenvalue weighted by atomic mass is 9.93. The number of allylic oxidation sites excluding steroid dienone is 1. The van der Waals surface area contributed by atoms with E-state index >= 15 is 0 Å². The molecule has 1 aliphatic heterocycles. The minimum absolute atomic E-state index is 0.271. The highest BCUT2D eigenvalue weighted by Gasteiger charge is 2.37. The number of hydrogen-bond donors (Lipinski definition) is 1. The zero-order valence-corrected chi connectivity index (χ0v) is 17.7. The summed E-state index contributed by atoms with van der Waals surface area (Å²) in [6, 6.07) is 14.7. The summed E-state index contributed by atoms with van der Waals surface area (Å²) in [6.45, 7) is 3.92. The van der Waals surface area contributed by atoms with Crippen LogP contribution in [0.15, 0.2) is 59.8 Å². The van der Waals surface area contributed by atoms with Crippen molar-refractivity contribution >= 4 is 29.0 Å². The number of hydrogen-bond acceptors (Lipinski definition) is 5. The zero-order valence-electron chi connectivity index (χ0n) is 16.9. The topological polar surface area (TPSA) is 60.0 Å². The molecule has 0 spiro atoms. The van der Waals surface area contributed by atoms with Gasteiger partial charge in [0.15, 0.2) is 16.6 Å². The second-order valence-corrected chi connectivity index (χ2v) is 6.74. The van der Waals surface area contributed by atoms with Gasteiger partial charge in [0.05, 0.1) is 32.4 Å². The van der Waals surface area contributed by atoms with Crippen LogP contribution in [-0.4, -0.2) is 31.9 Å². The summed E-state index contributed by atoms with van der Waals surface area (Å²) in [7, 11) is 3.14. The van der Waals surface area contributed by atoms with E-state index in [1.165, 1.54) is 0 Å². The van der Waals surface area contributed by atoms with Crippen LogP contribution in [0.2, 0.25) is 0 Å². The molecule has 29 heavy (non-hydrogen) atoms. The Kier molecular flexibility index (Phi) is 6.39. The van der Waals surface area contributed by atoms with Gasteiger partial charge in [-0.1, -0.05) is 30.3 Å². The van der Waals surface area contributed by atoms with Crippen molar-refractivity contribution in [3.8, 4) is 11.5 Å². The van der Waals surface area contributed by atoms with E-state index in [1.807, 2.05) is 54.3 Å². The van der Waals surface area contributed by atoms with Gasteiger partial charge >= 0.3 is 5.97 Å². The number of carbonyl (C=O) groups is 1. The number of rotatable bonds is 6. The van der Waals surface area contributed by atoms with Gasteiger partial charge in [-0.05, 0) is 44.3 Å². The van der Waals surface area contributed by atoms with Gasteiger partial charge in [-0.15, -0.1) is 0 Å². The number of methoxy groups -OCH3 is 2. The first-order valence-electron chi connectivity index (χ1n) is 9.27. The molecule has 0 bridgehead atoms. The summed E-state index contributed by atoms with van der Waals surface area (Å²) in [4.78, 5) is 14.8. The van der Waals surface area contributed by atoms with Crippen molar-refractivity contribution in [2.45, 2.75) is 19.9 Å². The first-order valence-corrected chi connectivity index (χ1v) is 9.68. The molecule has 1 heterocycles. The third kappa shape index (κ3) is 3.91. The van der Waals surface area contributed by atoms with Crippen molar-refractivity contribution in [1.82, 2.24) is 5.32 Å². The van der Waals surface area contributed by atoms with Gasteiger partial charge in [0.25, 0.3) is 0 Å². The molecule has 1 aliphatic rings. The van der Waals surface area contributed by atoms with Gasteiger partial charge in [-0.2, -0.15) is 0 Å². The average molecular weight is 413 g/mol. The highest BCUT2D eigenvalue weighted by atomic mass is 32.1. The third-order valence-electron chi connectivity index (χ3n) is 4.74. The number of anilines is 1. The fourth-order valence-corrected chi connectivity index (χ4v) is 3.84. The molecule has 0 fully saturated rings. The predicted octanol–water partition coefficient (Wildman–Crippen LogP) is 3.98. The average Bonchev–Trinajstić information content (AvgIpc) is 2.73. The summed E-state index contributed by atoms with van der Waals surface area (Å²) in [6.07, 6.45) is 0. The van der Waals surface area contributed by atoms with Crippen molar-refractivity contribution < 1.29 is 19.0 Å². The molecule has 0 radical (unpaired) electrons. The summed E-state index contributed by atoms with van der Waals surface area (Å²) in [5, 5.41) is 3.77. The monoisotopic (exact) mass is 412 g/mol. The number of benzene rings is 2. The Labute approximate surface area is 176 Å². The molecule has 0 saturated carbocycles. The van der Waals surface area contributed by atoms with Gasteiger partial charge in [-0.25, -0.2) is 4.79 Å². The second-order valence-electron chi connectivity index (χ2n) is 6.36. The maximum atomic E-state index is 13.0. The maximum Gasteiger partial charge on any atom is 0.338 e. The Hall–Kier alpha value is -3.06. The normalized spacial score (nSPS) is 16.3. The highest BCUT2D eigenvalue weighted by molar-refractivity contribution is 7.80. The summed E-state index contributed by atoms with van der Waals surface area (Å²) >= 11 is 5.66. The van der Waals surface area contributed by atoms with E-state index < -0.39 is 12.0 Å². The van der Waals surface area contributed by atoms with E-state index in [-0.39, 0.29) is 6.61 Å². The quantitative estimate of drug-likeness (QED) is 0.569. The standard InChI is InChI=1S/C22H24N2O4S/c1-5-28-21(25)18-14(2)24(15-10-7-6-8-11-15)22(29)23-19(18)16-12-9-13-17(26-3)20(16)27-4/h6-13,19H,5H2,1-4H3,(H,23,29)/t19-/m1/s1. The van der Waals surface area contributed by atoms with E-state index in [1.54, 1.807) is 27.2 Å². The van der Waals surface area contributed by atoms with Crippen LogP contribution < -0.4 is 19.7 Å². The molecule has 0 amide bonds. The summed E-state index contributed by atoms with van der Waals surface area (Å²) in [5.41, 5.74) is 2.77. The molecule has 0 aromatic heterocycles. The fraction of sp³-hybridized carbons (Fsp3) is 0.273. The molecular weight excluding hydrogens is 388 g/mol. The lowest BCUT2D eigenvalue weighted by molar-refractivity contribution is -0.139. The van der Waals surface area contributed by atoms with Gasteiger partial charge in [0, 0.05) is 16.9 Å². The summed E-state index contributed by atoms with van der Waals surface area (Å²) < 4.78 is 16.4. The second kappa shape index (κ2) is 8.96. The van der Waals surface area contributed by atoms with E-state index in [4.69, 9.17) is 26.4 Å². The van der Waals surface area contributed by atoms with Crippen molar-refractivity contribution in [2.24, 2.45) is 0 Å². The number of nitrogens with one attached hydrogen (secondary N) is 1. The maximum absolute atomic E-state index is 13.0. The number of thiocarbonyl (C=S) groups is 1. The Morgan fingerprint density at radius 2 is 1.83 bits per heavy atom. The Morgan fingerprint density at radius 1 is 1.10 bits per heavy atom. The largest absolute Gasteiger partial charge is 0.493 e. The Morgan fingerprint density at radius 3 is 2.45 bits per heavy atom. The van der Waals surface area contributed by atoms with E-state index in [2.05, 4.69) is 5.32 Å². The van der Waals surface area contributed by atoms with E-state index in [0.717, 1.165) is 11.3 Å². The molecule has 6 nitrogen and oxygen atoms in total. The molecule has 0 aliphatic carbocycles. The SMILES string of the molecule is CCOC(=O)C1=C(C)N(c2ccccc2)C(=S)N[C@@H]1c1cccc(OC)c1OC. The fourth-order valence-electron chi connectivity index (χ4n) is 3.48. The van der Waals surface area contributed by atoms with Crippen LogP contribution in [0.4, 0.5) is 5.69 Å². The molecule has 0 saturated heterocycles.